The molecule has 1 aromatic carbocycles. The van der Waals surface area contributed by atoms with E-state index in [4.69, 9.17) is 9.47 Å². The average molecular weight is 402 g/mol. The van der Waals surface area contributed by atoms with Gasteiger partial charge in [-0.05, 0) is 82.2 Å². The third-order valence-electron chi connectivity index (χ3n) is 4.76. The van der Waals surface area contributed by atoms with Gasteiger partial charge in [0.2, 0.25) is 0 Å². The Morgan fingerprint density at radius 3 is 2.50 bits per heavy atom. The van der Waals surface area contributed by atoms with Crippen LogP contribution in [0.15, 0.2) is 18.2 Å². The number of carbonyl (C=O) groups is 2. The summed E-state index contributed by atoms with van der Waals surface area (Å²) in [6.07, 6.45) is 3.27. The topological polar surface area (TPSA) is 64.6 Å². The Kier molecular flexibility index (Phi) is 6.39. The second kappa shape index (κ2) is 8.78. The van der Waals surface area contributed by atoms with E-state index in [-0.39, 0.29) is 11.9 Å². The van der Waals surface area contributed by atoms with Gasteiger partial charge in [-0.2, -0.15) is 0 Å². The molecule has 0 bridgehead atoms. The Bertz CT molecular complexity index is 867. The van der Waals surface area contributed by atoms with E-state index >= 15 is 0 Å². The first-order valence-corrected chi connectivity index (χ1v) is 10.6. The second-order valence-electron chi connectivity index (χ2n) is 7.21. The Morgan fingerprint density at radius 1 is 1.14 bits per heavy atom. The van der Waals surface area contributed by atoms with Crippen molar-refractivity contribution in [2.45, 2.75) is 59.5 Å². The molecule has 1 atom stereocenters. The van der Waals surface area contributed by atoms with Crippen LogP contribution in [0.4, 0.5) is 5.00 Å². The second-order valence-corrected chi connectivity index (χ2v) is 8.31. The van der Waals surface area contributed by atoms with Crippen molar-refractivity contribution >= 4 is 28.2 Å². The zero-order valence-corrected chi connectivity index (χ0v) is 17.7. The highest BCUT2D eigenvalue weighted by molar-refractivity contribution is 7.17. The van der Waals surface area contributed by atoms with Crippen LogP contribution in [0.2, 0.25) is 0 Å². The summed E-state index contributed by atoms with van der Waals surface area (Å²) in [5.74, 6) is 0.0274. The van der Waals surface area contributed by atoms with E-state index in [1.54, 1.807) is 13.8 Å². The van der Waals surface area contributed by atoms with Crippen molar-refractivity contribution in [2.75, 3.05) is 11.9 Å². The lowest BCUT2D eigenvalue weighted by Crippen LogP contribution is -2.30. The van der Waals surface area contributed by atoms with Crippen molar-refractivity contribution in [3.63, 3.8) is 0 Å². The summed E-state index contributed by atoms with van der Waals surface area (Å²) in [6, 6.07) is 5.87. The van der Waals surface area contributed by atoms with Crippen LogP contribution in [0, 0.1) is 13.8 Å². The Morgan fingerprint density at radius 2 is 1.82 bits per heavy atom. The molecule has 5 nitrogen and oxygen atoms in total. The number of aryl methyl sites for hydroxylation is 3. The fourth-order valence-corrected chi connectivity index (χ4v) is 4.83. The van der Waals surface area contributed by atoms with Crippen molar-refractivity contribution in [3.05, 3.63) is 45.3 Å². The number of carbonyl (C=O) groups excluding carboxylic acids is 2. The summed E-state index contributed by atoms with van der Waals surface area (Å²) in [4.78, 5) is 26.4. The van der Waals surface area contributed by atoms with Crippen LogP contribution in [0.5, 0.6) is 5.75 Å². The number of hydrogen-bond donors (Lipinski definition) is 1. The smallest absolute Gasteiger partial charge is 0.341 e. The zero-order chi connectivity index (χ0) is 20.3. The molecule has 3 rings (SSSR count). The number of hydrogen-bond acceptors (Lipinski definition) is 5. The lowest BCUT2D eigenvalue weighted by molar-refractivity contribution is -0.122. The standard InChI is InChI=1S/C22H27NO4S/c1-5-26-22(25)19-17-8-6-7-9-18(17)28-21(19)23-20(24)15(4)27-16-11-13(2)10-14(3)12-16/h10-12,15H,5-9H2,1-4H3,(H,23,24). The summed E-state index contributed by atoms with van der Waals surface area (Å²) in [6.45, 7) is 7.79. The minimum atomic E-state index is -0.685. The highest BCUT2D eigenvalue weighted by atomic mass is 32.1. The van der Waals surface area contributed by atoms with Gasteiger partial charge in [0.15, 0.2) is 6.10 Å². The third-order valence-corrected chi connectivity index (χ3v) is 5.97. The fourth-order valence-electron chi connectivity index (χ4n) is 3.55. The summed E-state index contributed by atoms with van der Waals surface area (Å²) < 4.78 is 11.1. The molecule has 0 aliphatic heterocycles. The van der Waals surface area contributed by atoms with Gasteiger partial charge in [0.1, 0.15) is 10.8 Å². The Hall–Kier alpha value is -2.34. The van der Waals surface area contributed by atoms with Crippen molar-refractivity contribution in [1.29, 1.82) is 0 Å². The predicted molar refractivity (Wildman–Crippen MR) is 112 cm³/mol. The minimum absolute atomic E-state index is 0.275. The molecule has 0 saturated heterocycles. The first kappa shape index (κ1) is 20.4. The minimum Gasteiger partial charge on any atom is -0.481 e. The number of ether oxygens (including phenoxy) is 2. The molecule has 150 valence electrons. The van der Waals surface area contributed by atoms with E-state index in [9.17, 15) is 9.59 Å². The summed E-state index contributed by atoms with van der Waals surface area (Å²) >= 11 is 1.48. The predicted octanol–water partition coefficient (Wildman–Crippen LogP) is 4.83. The number of thiophene rings is 1. The molecule has 1 aliphatic rings. The van der Waals surface area contributed by atoms with Gasteiger partial charge < -0.3 is 14.8 Å². The highest BCUT2D eigenvalue weighted by Gasteiger charge is 2.28. The monoisotopic (exact) mass is 401 g/mol. The van der Waals surface area contributed by atoms with Crippen molar-refractivity contribution in [3.8, 4) is 5.75 Å². The van der Waals surface area contributed by atoms with Gasteiger partial charge >= 0.3 is 5.97 Å². The van der Waals surface area contributed by atoms with Crippen molar-refractivity contribution < 1.29 is 19.1 Å². The molecule has 0 saturated carbocycles. The number of benzene rings is 1. The van der Waals surface area contributed by atoms with Gasteiger partial charge in [0.25, 0.3) is 5.91 Å². The number of nitrogens with one attached hydrogen (secondary N) is 1. The van der Waals surface area contributed by atoms with Crippen LogP contribution in [-0.2, 0) is 22.4 Å². The van der Waals surface area contributed by atoms with Gasteiger partial charge in [-0.25, -0.2) is 4.79 Å². The van der Waals surface area contributed by atoms with E-state index in [2.05, 4.69) is 11.4 Å². The molecule has 0 fully saturated rings. The van der Waals surface area contributed by atoms with Crippen molar-refractivity contribution in [1.82, 2.24) is 0 Å². The molecular formula is C22H27NO4S. The number of amides is 1. The van der Waals surface area contributed by atoms with E-state index in [0.29, 0.717) is 22.9 Å². The van der Waals surface area contributed by atoms with Crippen LogP contribution in [-0.4, -0.2) is 24.6 Å². The molecule has 28 heavy (non-hydrogen) atoms. The zero-order valence-electron chi connectivity index (χ0n) is 16.9. The lowest BCUT2D eigenvalue weighted by Gasteiger charge is -2.16. The molecule has 1 aromatic heterocycles. The van der Waals surface area contributed by atoms with Gasteiger partial charge in [-0.15, -0.1) is 11.3 Å². The SMILES string of the molecule is CCOC(=O)c1c(NC(=O)C(C)Oc2cc(C)cc(C)c2)sc2c1CCCC2. The van der Waals surface area contributed by atoms with Gasteiger partial charge in [-0.3, -0.25) is 4.79 Å². The molecule has 0 spiro atoms. The lowest BCUT2D eigenvalue weighted by atomic mass is 9.95. The van der Waals surface area contributed by atoms with Crippen LogP contribution in [0.1, 0.15) is 58.6 Å². The Labute approximate surface area is 170 Å². The number of anilines is 1. The van der Waals surface area contributed by atoms with Crippen LogP contribution in [0.25, 0.3) is 0 Å². The maximum atomic E-state index is 12.8. The molecule has 1 heterocycles. The van der Waals surface area contributed by atoms with Crippen molar-refractivity contribution in [2.24, 2.45) is 0 Å². The first-order valence-electron chi connectivity index (χ1n) is 9.76. The van der Waals surface area contributed by atoms with E-state index in [0.717, 1.165) is 42.4 Å². The van der Waals surface area contributed by atoms with Gasteiger partial charge in [0.05, 0.1) is 12.2 Å². The highest BCUT2D eigenvalue weighted by Crippen LogP contribution is 2.38. The van der Waals surface area contributed by atoms with Crippen LogP contribution >= 0.6 is 11.3 Å². The summed E-state index contributed by atoms with van der Waals surface area (Å²) in [5.41, 5.74) is 3.72. The summed E-state index contributed by atoms with van der Waals surface area (Å²) in [5, 5.41) is 3.49. The maximum absolute atomic E-state index is 12.8. The quantitative estimate of drug-likeness (QED) is 0.705. The number of rotatable bonds is 6. The number of fused-ring (bicyclic) bond motifs is 1. The van der Waals surface area contributed by atoms with Crippen LogP contribution < -0.4 is 10.1 Å². The normalized spacial score (nSPS) is 14.1. The van der Waals surface area contributed by atoms with E-state index in [1.165, 1.54) is 16.2 Å². The van der Waals surface area contributed by atoms with Gasteiger partial charge in [0, 0.05) is 4.88 Å². The Balaban J connectivity index is 1.79. The molecule has 1 N–H and O–H groups in total. The first-order chi connectivity index (χ1) is 13.4. The van der Waals surface area contributed by atoms with Gasteiger partial charge in [-0.1, -0.05) is 6.07 Å². The molecule has 2 aromatic rings. The largest absolute Gasteiger partial charge is 0.481 e. The maximum Gasteiger partial charge on any atom is 0.341 e. The van der Waals surface area contributed by atoms with E-state index in [1.807, 2.05) is 26.0 Å². The molecule has 1 amide bonds. The molecule has 0 radical (unpaired) electrons. The molecular weight excluding hydrogens is 374 g/mol. The summed E-state index contributed by atoms with van der Waals surface area (Å²) in [7, 11) is 0. The van der Waals surface area contributed by atoms with E-state index < -0.39 is 6.10 Å². The third kappa shape index (κ3) is 4.55. The fraction of sp³-hybridized carbons (Fsp3) is 0.455. The molecule has 1 aliphatic carbocycles. The number of esters is 1. The van der Waals surface area contributed by atoms with Crippen LogP contribution in [0.3, 0.4) is 0 Å². The molecule has 1 unspecified atom stereocenters. The molecule has 6 heteroatoms. The average Bonchev–Trinajstić information content (AvgIpc) is 2.98.